The molecule has 0 aromatic rings. The Morgan fingerprint density at radius 3 is 2.86 bits per heavy atom. The van der Waals surface area contributed by atoms with Gasteiger partial charge in [-0.15, -0.1) is 0 Å². The summed E-state index contributed by atoms with van der Waals surface area (Å²) in [7, 11) is 0. The second-order valence-corrected chi connectivity index (χ2v) is 1.86. The van der Waals surface area contributed by atoms with Crippen LogP contribution in [0.2, 0.25) is 0 Å². The lowest BCUT2D eigenvalue weighted by atomic mass is 10.8. The molecule has 0 saturated heterocycles. The third-order valence-electron chi connectivity index (χ3n) is 0.492. The Morgan fingerprint density at radius 1 is 2.00 bits per heavy atom. The van der Waals surface area contributed by atoms with Crippen molar-refractivity contribution in [3.8, 4) is 0 Å². The minimum absolute atomic E-state index is 0.198. The maximum atomic E-state index is 10.0. The number of rotatable bonds is 0. The average molecular weight is 118 g/mol. The number of hydrogen-bond donors (Lipinski definition) is 0. The Balaban J connectivity index is 2.67. The summed E-state index contributed by atoms with van der Waals surface area (Å²) >= 11 is 0.867. The zero-order valence-electron chi connectivity index (χ0n) is 3.33. The Hall–Kier alpha value is -0.580. The first kappa shape index (κ1) is 4.58. The first-order valence-electron chi connectivity index (χ1n) is 1.64. The molecule has 1 amide bonds. The van der Waals surface area contributed by atoms with E-state index in [9.17, 15) is 10.0 Å². The van der Waals surface area contributed by atoms with Crippen LogP contribution in [0.5, 0.6) is 0 Å². The van der Waals surface area contributed by atoms with Gasteiger partial charge in [0.1, 0.15) is 5.75 Å². The van der Waals surface area contributed by atoms with Crippen molar-refractivity contribution in [3.63, 3.8) is 0 Å². The van der Waals surface area contributed by atoms with Crippen LogP contribution in [0, 0.1) is 5.21 Å². The minimum atomic E-state index is -0.347. The lowest BCUT2D eigenvalue weighted by molar-refractivity contribution is -0.336. The molecule has 0 unspecified atom stereocenters. The first-order chi connectivity index (χ1) is 3.29. The van der Waals surface area contributed by atoms with Gasteiger partial charge in [-0.2, -0.15) is 0 Å². The van der Waals surface area contributed by atoms with E-state index >= 15 is 0 Å². The summed E-state index contributed by atoms with van der Waals surface area (Å²) in [5.41, 5.74) is 0. The molecule has 0 aliphatic carbocycles. The molecule has 4 nitrogen and oxygen atoms in total. The van der Waals surface area contributed by atoms with Gasteiger partial charge in [0.15, 0.2) is 0 Å². The molecule has 0 aromatic heterocycles. The van der Waals surface area contributed by atoms with Crippen molar-refractivity contribution < 1.29 is 9.06 Å². The van der Waals surface area contributed by atoms with Crippen LogP contribution in [0.4, 0.5) is 0 Å². The van der Waals surface area contributed by atoms with Crippen LogP contribution in [0.25, 0.3) is 0 Å². The molecular formula is C2H2N2O2S. The molecule has 38 valence electrons. The number of amides is 1. The van der Waals surface area contributed by atoms with Crippen LogP contribution in [0.15, 0.2) is 5.11 Å². The fourth-order valence-electron chi connectivity index (χ4n) is 0.259. The molecule has 1 rings (SSSR count). The quantitative estimate of drug-likeness (QED) is 0.258. The van der Waals surface area contributed by atoms with E-state index < -0.39 is 0 Å². The second kappa shape index (κ2) is 1.49. The van der Waals surface area contributed by atoms with E-state index in [2.05, 4.69) is 5.11 Å². The normalized spacial score (nSPS) is 20.0. The fraction of sp³-hybridized carbons (Fsp3) is 0.500. The van der Waals surface area contributed by atoms with Gasteiger partial charge in [0.05, 0.1) is 5.11 Å². The van der Waals surface area contributed by atoms with Crippen molar-refractivity contribution >= 4 is 17.9 Å². The van der Waals surface area contributed by atoms with Crippen molar-refractivity contribution in [1.29, 1.82) is 0 Å². The van der Waals surface area contributed by atoms with Crippen LogP contribution in [0.3, 0.4) is 0 Å². The fourth-order valence-corrected chi connectivity index (χ4v) is 0.687. The van der Waals surface area contributed by atoms with Crippen LogP contribution < -0.4 is 0 Å². The largest absolute Gasteiger partial charge is 0.586 e. The lowest BCUT2D eigenvalue weighted by Crippen LogP contribution is -1.86. The Morgan fingerprint density at radius 2 is 2.71 bits per heavy atom. The van der Waals surface area contributed by atoms with Gasteiger partial charge in [0.25, 0.3) is 0 Å². The van der Waals surface area contributed by atoms with Gasteiger partial charge in [-0.3, -0.25) is 4.79 Å². The number of nitrogens with zero attached hydrogens (tertiary/aromatic N) is 2. The van der Waals surface area contributed by atoms with Crippen LogP contribution in [0.1, 0.15) is 0 Å². The molecule has 1 aliphatic rings. The zero-order chi connectivity index (χ0) is 5.28. The summed E-state index contributed by atoms with van der Waals surface area (Å²) in [6.07, 6.45) is 0. The average Bonchev–Trinajstić information content (AvgIpc) is 1.87. The maximum Gasteiger partial charge on any atom is 0.327 e. The SMILES string of the molecule is O=C1CS[N+]([O-])=N1. The Labute approximate surface area is 43.9 Å². The summed E-state index contributed by atoms with van der Waals surface area (Å²) in [4.78, 5) is 10.0. The highest BCUT2D eigenvalue weighted by Gasteiger charge is 2.17. The van der Waals surface area contributed by atoms with Gasteiger partial charge in [-0.1, -0.05) is 0 Å². The highest BCUT2D eigenvalue weighted by Crippen LogP contribution is 2.09. The molecule has 0 bridgehead atoms. The predicted octanol–water partition coefficient (Wildman–Crippen LogP) is 0.137. The van der Waals surface area contributed by atoms with E-state index in [1.807, 2.05) is 0 Å². The van der Waals surface area contributed by atoms with E-state index in [1.165, 1.54) is 0 Å². The summed E-state index contributed by atoms with van der Waals surface area (Å²) in [5, 5.41) is 12.9. The molecule has 0 N–H and O–H groups in total. The smallest absolute Gasteiger partial charge is 0.327 e. The minimum Gasteiger partial charge on any atom is -0.586 e. The highest BCUT2D eigenvalue weighted by molar-refractivity contribution is 7.94. The maximum absolute atomic E-state index is 10.0. The molecule has 1 heterocycles. The third-order valence-corrected chi connectivity index (χ3v) is 1.17. The van der Waals surface area contributed by atoms with Gasteiger partial charge < -0.3 is 5.21 Å². The van der Waals surface area contributed by atoms with E-state index in [0.29, 0.717) is 4.27 Å². The van der Waals surface area contributed by atoms with Crippen molar-refractivity contribution in [2.45, 2.75) is 0 Å². The number of carbonyl (C=O) groups is 1. The molecule has 1 aliphatic heterocycles. The molecule has 0 saturated carbocycles. The first-order valence-corrected chi connectivity index (χ1v) is 2.58. The topological polar surface area (TPSA) is 55.5 Å². The predicted molar refractivity (Wildman–Crippen MR) is 23.5 cm³/mol. The summed E-state index contributed by atoms with van der Waals surface area (Å²) in [6, 6.07) is 0. The molecule has 5 heteroatoms. The molecule has 0 atom stereocenters. The molecule has 0 aromatic carbocycles. The van der Waals surface area contributed by atoms with E-state index in [0.717, 1.165) is 11.9 Å². The Bertz CT molecular complexity index is 132. The number of carbonyl (C=O) groups excluding carboxylic acids is 1. The standard InChI is InChI=1S/C2H2N2O2S/c5-2-1-7-4(6)3-2/h1H2. The molecule has 0 fully saturated rings. The summed E-state index contributed by atoms with van der Waals surface area (Å²) < 4.78 is 0.322. The van der Waals surface area contributed by atoms with Crippen molar-refractivity contribution in [1.82, 2.24) is 0 Å². The monoisotopic (exact) mass is 118 g/mol. The zero-order valence-corrected chi connectivity index (χ0v) is 4.14. The van der Waals surface area contributed by atoms with Crippen molar-refractivity contribution in [3.05, 3.63) is 5.21 Å². The molecule has 0 spiro atoms. The van der Waals surface area contributed by atoms with Gasteiger partial charge in [-0.05, 0) is 4.27 Å². The Kier molecular flexibility index (Phi) is 0.976. The molecular weight excluding hydrogens is 116 g/mol. The van der Waals surface area contributed by atoms with Gasteiger partial charge in [-0.25, -0.2) is 0 Å². The second-order valence-electron chi connectivity index (χ2n) is 1.01. The van der Waals surface area contributed by atoms with E-state index in [4.69, 9.17) is 0 Å². The summed E-state index contributed by atoms with van der Waals surface area (Å²) in [6.45, 7) is 0. The van der Waals surface area contributed by atoms with Crippen molar-refractivity contribution in [2.24, 2.45) is 5.11 Å². The van der Waals surface area contributed by atoms with Crippen LogP contribution in [-0.4, -0.2) is 15.9 Å². The lowest BCUT2D eigenvalue weighted by Gasteiger charge is -1.79. The third kappa shape index (κ3) is 0.894. The van der Waals surface area contributed by atoms with Gasteiger partial charge >= 0.3 is 5.91 Å². The van der Waals surface area contributed by atoms with Crippen molar-refractivity contribution in [2.75, 3.05) is 5.75 Å². The van der Waals surface area contributed by atoms with E-state index in [-0.39, 0.29) is 11.7 Å². The highest BCUT2D eigenvalue weighted by atomic mass is 32.2. The summed E-state index contributed by atoms with van der Waals surface area (Å²) in [5.74, 6) is -0.149. The number of hydrogen-bond acceptors (Lipinski definition) is 3. The van der Waals surface area contributed by atoms with E-state index in [1.54, 1.807) is 0 Å². The molecule has 0 radical (unpaired) electrons. The van der Waals surface area contributed by atoms with Gasteiger partial charge in [0, 0.05) is 0 Å². The van der Waals surface area contributed by atoms with Crippen LogP contribution >= 0.6 is 11.9 Å². The van der Waals surface area contributed by atoms with Crippen LogP contribution in [-0.2, 0) is 4.79 Å². The molecule has 7 heavy (non-hydrogen) atoms. The van der Waals surface area contributed by atoms with Gasteiger partial charge in [0.2, 0.25) is 11.9 Å².